The van der Waals surface area contributed by atoms with Gasteiger partial charge in [-0.1, -0.05) is 28.9 Å². The molecule has 3 heterocycles. The number of nitrogens with zero attached hydrogens (tertiary/aromatic N) is 3. The summed E-state index contributed by atoms with van der Waals surface area (Å²) in [5.41, 5.74) is 2.26. The van der Waals surface area contributed by atoms with Gasteiger partial charge >= 0.3 is 0 Å². The summed E-state index contributed by atoms with van der Waals surface area (Å²) in [4.78, 5) is 18.6. The molecular formula is C22H25N3O3S. The Morgan fingerprint density at radius 1 is 1.14 bits per heavy atom. The lowest BCUT2D eigenvalue weighted by molar-refractivity contribution is 0.0617. The molecule has 1 aliphatic rings. The number of hydrogen-bond acceptors (Lipinski definition) is 6. The predicted octanol–water partition coefficient (Wildman–Crippen LogP) is 3.89. The van der Waals surface area contributed by atoms with Crippen molar-refractivity contribution >= 4 is 17.2 Å². The van der Waals surface area contributed by atoms with Crippen LogP contribution in [-0.4, -0.2) is 47.0 Å². The molecule has 152 valence electrons. The van der Waals surface area contributed by atoms with Crippen LogP contribution >= 0.6 is 11.3 Å². The Morgan fingerprint density at radius 2 is 1.90 bits per heavy atom. The maximum absolute atomic E-state index is 13.0. The number of rotatable bonds is 6. The van der Waals surface area contributed by atoms with E-state index >= 15 is 0 Å². The Morgan fingerprint density at radius 3 is 2.59 bits per heavy atom. The standard InChI is InChI=1S/C22H25N3O3S/c1-16-5-7-18(8-6-16)27-15-20-17(2)28-23-21(20)22(26)25-11-9-24(10-12-25)14-19-4-3-13-29-19/h3-8,13H,9-12,14-15H2,1-2H3. The topological polar surface area (TPSA) is 58.8 Å². The van der Waals surface area contributed by atoms with Gasteiger partial charge in [-0.2, -0.15) is 0 Å². The number of ether oxygens (including phenoxy) is 1. The second kappa shape index (κ2) is 8.80. The molecule has 7 heteroatoms. The molecule has 1 fully saturated rings. The molecule has 4 rings (SSSR count). The van der Waals surface area contributed by atoms with Crippen molar-refractivity contribution in [3.63, 3.8) is 0 Å². The summed E-state index contributed by atoms with van der Waals surface area (Å²) in [6.07, 6.45) is 0. The highest BCUT2D eigenvalue weighted by atomic mass is 32.1. The number of amides is 1. The van der Waals surface area contributed by atoms with E-state index in [0.29, 0.717) is 24.5 Å². The van der Waals surface area contributed by atoms with Crippen LogP contribution in [0.1, 0.15) is 32.3 Å². The number of aromatic nitrogens is 1. The van der Waals surface area contributed by atoms with Crippen LogP contribution in [0.2, 0.25) is 0 Å². The smallest absolute Gasteiger partial charge is 0.276 e. The summed E-state index contributed by atoms with van der Waals surface area (Å²) in [6, 6.07) is 12.1. The van der Waals surface area contributed by atoms with Gasteiger partial charge in [0, 0.05) is 37.6 Å². The monoisotopic (exact) mass is 411 g/mol. The van der Waals surface area contributed by atoms with Crippen molar-refractivity contribution in [3.8, 4) is 5.75 Å². The SMILES string of the molecule is Cc1ccc(OCc2c(C(=O)N3CCN(Cc4cccs4)CC3)noc2C)cc1. The molecule has 0 spiro atoms. The molecule has 1 saturated heterocycles. The van der Waals surface area contributed by atoms with Crippen LogP contribution in [0.25, 0.3) is 0 Å². The average molecular weight is 412 g/mol. The van der Waals surface area contributed by atoms with Gasteiger partial charge < -0.3 is 14.2 Å². The fraction of sp³-hybridized carbons (Fsp3) is 0.364. The van der Waals surface area contributed by atoms with Gasteiger partial charge in [0.2, 0.25) is 0 Å². The van der Waals surface area contributed by atoms with Crippen LogP contribution in [-0.2, 0) is 13.2 Å². The van der Waals surface area contributed by atoms with Gasteiger partial charge in [-0.05, 0) is 37.4 Å². The first-order valence-electron chi connectivity index (χ1n) is 9.79. The van der Waals surface area contributed by atoms with Crippen molar-refractivity contribution in [3.05, 3.63) is 69.2 Å². The van der Waals surface area contributed by atoms with Gasteiger partial charge in [0.1, 0.15) is 18.1 Å². The molecule has 3 aromatic rings. The lowest BCUT2D eigenvalue weighted by atomic mass is 10.1. The summed E-state index contributed by atoms with van der Waals surface area (Å²) in [6.45, 7) is 8.14. The molecule has 1 aliphatic heterocycles. The Labute approximate surface area is 174 Å². The predicted molar refractivity (Wildman–Crippen MR) is 112 cm³/mol. The molecule has 0 saturated carbocycles. The summed E-state index contributed by atoms with van der Waals surface area (Å²) >= 11 is 1.77. The Kier molecular flexibility index (Phi) is 5.97. The number of thiophene rings is 1. The van der Waals surface area contributed by atoms with E-state index in [1.807, 2.05) is 43.0 Å². The largest absolute Gasteiger partial charge is 0.489 e. The molecule has 0 bridgehead atoms. The zero-order valence-electron chi connectivity index (χ0n) is 16.8. The molecule has 6 nitrogen and oxygen atoms in total. The highest BCUT2D eigenvalue weighted by Crippen LogP contribution is 2.21. The fourth-order valence-corrected chi connectivity index (χ4v) is 4.15. The Balaban J connectivity index is 1.37. The lowest BCUT2D eigenvalue weighted by Gasteiger charge is -2.34. The zero-order chi connectivity index (χ0) is 20.2. The van der Waals surface area contributed by atoms with Gasteiger partial charge in [-0.25, -0.2) is 0 Å². The minimum Gasteiger partial charge on any atom is -0.489 e. The molecule has 2 aromatic heterocycles. The van der Waals surface area contributed by atoms with Crippen LogP contribution in [0.15, 0.2) is 46.3 Å². The van der Waals surface area contributed by atoms with E-state index in [2.05, 4.69) is 27.6 Å². The second-order valence-electron chi connectivity index (χ2n) is 7.32. The molecule has 1 amide bonds. The second-order valence-corrected chi connectivity index (χ2v) is 8.35. The average Bonchev–Trinajstić information content (AvgIpc) is 3.37. The third-order valence-electron chi connectivity index (χ3n) is 5.21. The first-order valence-corrected chi connectivity index (χ1v) is 10.7. The Bertz CT molecular complexity index is 942. The van der Waals surface area contributed by atoms with Crippen LogP contribution in [0, 0.1) is 13.8 Å². The summed E-state index contributed by atoms with van der Waals surface area (Å²) < 4.78 is 11.2. The number of hydrogen-bond donors (Lipinski definition) is 0. The minimum atomic E-state index is -0.0832. The van der Waals surface area contributed by atoms with Crippen molar-refractivity contribution in [2.24, 2.45) is 0 Å². The normalized spacial score (nSPS) is 14.9. The number of piperazine rings is 1. The Hall–Kier alpha value is -2.64. The van der Waals surface area contributed by atoms with E-state index in [0.717, 1.165) is 30.9 Å². The summed E-state index contributed by atoms with van der Waals surface area (Å²) in [5, 5.41) is 6.14. The van der Waals surface area contributed by atoms with Crippen molar-refractivity contribution in [1.29, 1.82) is 0 Å². The first kappa shape index (κ1) is 19.7. The van der Waals surface area contributed by atoms with Gasteiger partial charge in [-0.3, -0.25) is 9.69 Å². The van der Waals surface area contributed by atoms with Crippen LogP contribution in [0.3, 0.4) is 0 Å². The van der Waals surface area contributed by atoms with Gasteiger partial charge in [-0.15, -0.1) is 11.3 Å². The zero-order valence-corrected chi connectivity index (χ0v) is 17.6. The van der Waals surface area contributed by atoms with Gasteiger partial charge in [0.25, 0.3) is 5.91 Å². The minimum absolute atomic E-state index is 0.0832. The maximum Gasteiger partial charge on any atom is 0.276 e. The first-order chi connectivity index (χ1) is 14.1. The van der Waals surface area contributed by atoms with Gasteiger partial charge in [0.15, 0.2) is 5.69 Å². The molecule has 0 N–H and O–H groups in total. The van der Waals surface area contributed by atoms with E-state index in [-0.39, 0.29) is 12.5 Å². The summed E-state index contributed by atoms with van der Waals surface area (Å²) in [7, 11) is 0. The van der Waals surface area contributed by atoms with Crippen LogP contribution in [0.5, 0.6) is 5.75 Å². The lowest BCUT2D eigenvalue weighted by Crippen LogP contribution is -2.48. The highest BCUT2D eigenvalue weighted by molar-refractivity contribution is 7.09. The molecule has 1 aromatic carbocycles. The van der Waals surface area contributed by atoms with Crippen molar-refractivity contribution in [1.82, 2.24) is 15.0 Å². The van der Waals surface area contributed by atoms with E-state index in [4.69, 9.17) is 9.26 Å². The number of carbonyl (C=O) groups excluding carboxylic acids is 1. The number of aryl methyl sites for hydroxylation is 2. The van der Waals surface area contributed by atoms with E-state index in [1.54, 1.807) is 11.3 Å². The molecule has 0 unspecified atom stereocenters. The van der Waals surface area contributed by atoms with Gasteiger partial charge in [0.05, 0.1) is 5.56 Å². The molecule has 29 heavy (non-hydrogen) atoms. The number of carbonyl (C=O) groups is 1. The van der Waals surface area contributed by atoms with E-state index in [1.165, 1.54) is 10.4 Å². The summed E-state index contributed by atoms with van der Waals surface area (Å²) in [5.74, 6) is 1.30. The quantitative estimate of drug-likeness (QED) is 0.616. The van der Waals surface area contributed by atoms with Crippen molar-refractivity contribution < 1.29 is 14.1 Å². The van der Waals surface area contributed by atoms with Crippen LogP contribution < -0.4 is 4.74 Å². The molecular weight excluding hydrogens is 386 g/mol. The third kappa shape index (κ3) is 4.68. The molecule has 0 aliphatic carbocycles. The van der Waals surface area contributed by atoms with Crippen molar-refractivity contribution in [2.75, 3.05) is 26.2 Å². The third-order valence-corrected chi connectivity index (χ3v) is 6.07. The fourth-order valence-electron chi connectivity index (χ4n) is 3.40. The van der Waals surface area contributed by atoms with E-state index in [9.17, 15) is 4.79 Å². The van der Waals surface area contributed by atoms with Crippen molar-refractivity contribution in [2.45, 2.75) is 27.0 Å². The number of benzene rings is 1. The molecule has 0 radical (unpaired) electrons. The molecule has 0 atom stereocenters. The highest BCUT2D eigenvalue weighted by Gasteiger charge is 2.28. The maximum atomic E-state index is 13.0. The van der Waals surface area contributed by atoms with E-state index < -0.39 is 0 Å². The van der Waals surface area contributed by atoms with Crippen LogP contribution in [0.4, 0.5) is 0 Å².